The number of carbonyl (C=O) groups is 1. The Kier molecular flexibility index (Phi) is 7.67. The van der Waals surface area contributed by atoms with Crippen LogP contribution in [0.3, 0.4) is 0 Å². The summed E-state index contributed by atoms with van der Waals surface area (Å²) in [6, 6.07) is 9.47. The van der Waals surface area contributed by atoms with Crippen LogP contribution in [0.5, 0.6) is 0 Å². The van der Waals surface area contributed by atoms with Crippen molar-refractivity contribution >= 4 is 5.78 Å². The predicted molar refractivity (Wildman–Crippen MR) is 141 cm³/mol. The number of benzene rings is 1. The van der Waals surface area contributed by atoms with Crippen LogP contribution in [0.25, 0.3) is 22.5 Å². The summed E-state index contributed by atoms with van der Waals surface area (Å²) in [5.41, 5.74) is 4.51. The van der Waals surface area contributed by atoms with Crippen LogP contribution in [0.2, 0.25) is 0 Å². The van der Waals surface area contributed by atoms with Crippen molar-refractivity contribution in [1.82, 2.24) is 34.7 Å². The molecule has 4 aromatic rings. The van der Waals surface area contributed by atoms with E-state index < -0.39 is 0 Å². The van der Waals surface area contributed by atoms with Crippen LogP contribution in [-0.2, 0) is 17.8 Å². The lowest BCUT2D eigenvalue weighted by molar-refractivity contribution is -0.122. The Balaban J connectivity index is 1.56. The van der Waals surface area contributed by atoms with Crippen LogP contribution in [0.4, 0.5) is 0 Å². The molecule has 1 fully saturated rings. The maximum Gasteiger partial charge on any atom is 0.329 e. The minimum absolute atomic E-state index is 0.119. The van der Waals surface area contributed by atoms with Crippen LogP contribution in [0.1, 0.15) is 75.6 Å². The number of pyridine rings is 1. The monoisotopic (exact) mass is 499 g/mol. The van der Waals surface area contributed by atoms with E-state index in [2.05, 4.69) is 32.5 Å². The number of imidazole rings is 1. The van der Waals surface area contributed by atoms with Gasteiger partial charge in [-0.05, 0) is 53.7 Å². The molecule has 3 heterocycles. The van der Waals surface area contributed by atoms with Gasteiger partial charge < -0.3 is 0 Å². The smallest absolute Gasteiger partial charge is 0.297 e. The maximum atomic E-state index is 13.8. The number of rotatable bonds is 8. The second kappa shape index (κ2) is 11.5. The van der Waals surface area contributed by atoms with E-state index in [4.69, 9.17) is 0 Å². The van der Waals surface area contributed by atoms with Gasteiger partial charge in [-0.2, -0.15) is 5.21 Å². The van der Waals surface area contributed by atoms with Crippen LogP contribution < -0.4 is 5.69 Å². The molecule has 0 bridgehead atoms. The third kappa shape index (κ3) is 5.30. The minimum Gasteiger partial charge on any atom is -0.297 e. The van der Waals surface area contributed by atoms with Gasteiger partial charge in [0.15, 0.2) is 5.78 Å². The first-order chi connectivity index (χ1) is 18.2. The highest BCUT2D eigenvalue weighted by atomic mass is 16.2. The fraction of sp³-hybridized carbons (Fsp3) is 0.429. The summed E-state index contributed by atoms with van der Waals surface area (Å²) in [4.78, 5) is 31.2. The molecular weight excluding hydrogens is 466 g/mol. The van der Waals surface area contributed by atoms with Crippen LogP contribution in [0.15, 0.2) is 53.7 Å². The number of nitrogens with one attached hydrogen (secondary N) is 1. The molecule has 1 N–H and O–H groups in total. The number of hydrogen-bond donors (Lipinski definition) is 1. The topological polar surface area (TPSA) is 111 Å². The molecule has 9 nitrogen and oxygen atoms in total. The van der Waals surface area contributed by atoms with Crippen molar-refractivity contribution < 1.29 is 4.79 Å². The lowest BCUT2D eigenvalue weighted by Crippen LogP contribution is -2.32. The molecule has 192 valence electrons. The van der Waals surface area contributed by atoms with Crippen molar-refractivity contribution in [3.05, 3.63) is 70.7 Å². The quantitative estimate of drug-likeness (QED) is 0.375. The predicted octanol–water partition coefficient (Wildman–Crippen LogP) is 4.75. The SMILES string of the molecule is CCCCc1cn(C2CCCCCCC2=O)c(=O)n1Cc1cnccc1-c1ccccc1-c1nn[nH]n1. The number of hydrogen-bond acceptors (Lipinski definition) is 6. The number of ketones is 1. The van der Waals surface area contributed by atoms with Gasteiger partial charge in [-0.25, -0.2) is 4.79 Å². The number of Topliss-reactive ketones (excluding diaryl/α,β-unsaturated/α-hetero) is 1. The zero-order valence-corrected chi connectivity index (χ0v) is 21.3. The molecule has 1 saturated carbocycles. The first-order valence-electron chi connectivity index (χ1n) is 13.3. The van der Waals surface area contributed by atoms with Gasteiger partial charge >= 0.3 is 5.69 Å². The van der Waals surface area contributed by atoms with E-state index in [1.54, 1.807) is 10.8 Å². The third-order valence-corrected chi connectivity index (χ3v) is 7.27. The number of unbranched alkanes of at least 4 members (excludes halogenated alkanes) is 1. The highest BCUT2D eigenvalue weighted by Gasteiger charge is 2.26. The Morgan fingerprint density at radius 2 is 1.86 bits per heavy atom. The van der Waals surface area contributed by atoms with Crippen molar-refractivity contribution in [2.24, 2.45) is 0 Å². The second-order valence-corrected chi connectivity index (χ2v) is 9.75. The van der Waals surface area contributed by atoms with Gasteiger partial charge in [-0.1, -0.05) is 56.9 Å². The number of aromatic nitrogens is 7. The number of H-pyrrole nitrogens is 1. The summed E-state index contributed by atoms with van der Waals surface area (Å²) in [5, 5.41) is 14.6. The van der Waals surface area contributed by atoms with Crippen LogP contribution >= 0.6 is 0 Å². The second-order valence-electron chi connectivity index (χ2n) is 9.75. The highest BCUT2D eigenvalue weighted by molar-refractivity contribution is 5.83. The van der Waals surface area contributed by atoms with Crippen LogP contribution in [-0.4, -0.2) is 40.5 Å². The molecule has 1 atom stereocenters. The molecule has 0 saturated heterocycles. The van der Waals surface area contributed by atoms with Crippen molar-refractivity contribution in [1.29, 1.82) is 0 Å². The molecule has 37 heavy (non-hydrogen) atoms. The molecule has 1 aliphatic carbocycles. The van der Waals surface area contributed by atoms with E-state index in [1.165, 1.54) is 0 Å². The van der Waals surface area contributed by atoms with E-state index in [9.17, 15) is 9.59 Å². The van der Waals surface area contributed by atoms with Gasteiger partial charge in [0.1, 0.15) is 0 Å². The lowest BCUT2D eigenvalue weighted by atomic mass is 9.95. The molecule has 0 aliphatic heterocycles. The number of nitrogens with zero attached hydrogens (tertiary/aromatic N) is 6. The molecule has 3 aromatic heterocycles. The van der Waals surface area contributed by atoms with Crippen LogP contribution in [0, 0.1) is 0 Å². The summed E-state index contributed by atoms with van der Waals surface area (Å²) in [6.45, 7) is 2.52. The Morgan fingerprint density at radius 3 is 2.68 bits per heavy atom. The Hall–Kier alpha value is -3.88. The Bertz CT molecular complexity index is 1400. The molecule has 1 aliphatic rings. The normalized spacial score (nSPS) is 16.5. The molecular formula is C28H33N7O2. The Morgan fingerprint density at radius 1 is 1.03 bits per heavy atom. The zero-order chi connectivity index (χ0) is 25.6. The van der Waals surface area contributed by atoms with Gasteiger partial charge in [-0.3, -0.25) is 18.9 Å². The van der Waals surface area contributed by atoms with E-state index in [0.717, 1.165) is 79.3 Å². The van der Waals surface area contributed by atoms with Gasteiger partial charge in [-0.15, -0.1) is 10.2 Å². The third-order valence-electron chi connectivity index (χ3n) is 7.27. The van der Waals surface area contributed by atoms with E-state index in [1.807, 2.05) is 47.3 Å². The molecule has 0 amide bonds. The van der Waals surface area contributed by atoms with Gasteiger partial charge in [0.25, 0.3) is 0 Å². The average molecular weight is 500 g/mol. The molecule has 9 heteroatoms. The summed E-state index contributed by atoms with van der Waals surface area (Å²) in [7, 11) is 0. The first kappa shape index (κ1) is 24.8. The average Bonchev–Trinajstić information content (AvgIpc) is 3.55. The van der Waals surface area contributed by atoms with E-state index >= 15 is 0 Å². The van der Waals surface area contributed by atoms with Gasteiger partial charge in [0.05, 0.1) is 12.6 Å². The first-order valence-corrected chi connectivity index (χ1v) is 13.3. The minimum atomic E-state index is -0.373. The van der Waals surface area contributed by atoms with Crippen molar-refractivity contribution in [3.8, 4) is 22.5 Å². The summed E-state index contributed by atoms with van der Waals surface area (Å²) >= 11 is 0. The molecule has 1 unspecified atom stereocenters. The number of carbonyl (C=O) groups excluding carboxylic acids is 1. The number of tetrazole rings is 1. The molecule has 1 aromatic carbocycles. The summed E-state index contributed by atoms with van der Waals surface area (Å²) < 4.78 is 3.54. The standard InChI is InChI=1S/C28H33N7O2/c1-2-3-10-21-19-35(25-13-6-4-5-7-14-26(25)36)28(37)34(21)18-20-17-29-16-15-22(20)23-11-8-9-12-24(23)27-30-32-33-31-27/h8-9,11-12,15-17,19,25H,2-7,10,13-14,18H2,1H3,(H,30,31,32,33). The number of aromatic amines is 1. The fourth-order valence-corrected chi connectivity index (χ4v) is 5.28. The molecule has 0 spiro atoms. The zero-order valence-electron chi connectivity index (χ0n) is 21.3. The summed E-state index contributed by atoms with van der Waals surface area (Å²) in [5.74, 6) is 0.685. The maximum absolute atomic E-state index is 13.8. The summed E-state index contributed by atoms with van der Waals surface area (Å²) in [6.07, 6.45) is 13.6. The molecule has 0 radical (unpaired) electrons. The lowest BCUT2D eigenvalue weighted by Gasteiger charge is -2.19. The van der Waals surface area contributed by atoms with Crippen molar-refractivity contribution in [2.45, 2.75) is 77.3 Å². The number of aryl methyl sites for hydroxylation is 1. The highest BCUT2D eigenvalue weighted by Crippen LogP contribution is 2.32. The fourth-order valence-electron chi connectivity index (χ4n) is 5.28. The van der Waals surface area contributed by atoms with Crippen molar-refractivity contribution in [2.75, 3.05) is 0 Å². The van der Waals surface area contributed by atoms with E-state index in [-0.39, 0.29) is 17.5 Å². The van der Waals surface area contributed by atoms with Crippen molar-refractivity contribution in [3.63, 3.8) is 0 Å². The molecule has 5 rings (SSSR count). The van der Waals surface area contributed by atoms with Gasteiger partial charge in [0, 0.05) is 36.3 Å². The largest absolute Gasteiger partial charge is 0.329 e. The Labute approximate surface area is 216 Å². The van der Waals surface area contributed by atoms with E-state index in [0.29, 0.717) is 18.8 Å². The van der Waals surface area contributed by atoms with Gasteiger partial charge in [0.2, 0.25) is 5.82 Å².